The number of carboxylic acids is 1. The van der Waals surface area contributed by atoms with Gasteiger partial charge in [0.15, 0.2) is 0 Å². The average Bonchev–Trinajstić information content (AvgIpc) is 2.26. The molecule has 1 N–H and O–H groups in total. The first-order chi connectivity index (χ1) is 7.19. The Labute approximate surface area is 91.8 Å². The number of nitrogens with zero attached hydrogens (tertiary/aromatic N) is 1. The topological polar surface area (TPSA) is 40.5 Å². The fraction of sp³-hybridized carbons (Fsp3) is 0.750. The summed E-state index contributed by atoms with van der Waals surface area (Å²) in [6.07, 6.45) is 5.77. The van der Waals surface area contributed by atoms with Gasteiger partial charge < -0.3 is 5.11 Å². The van der Waals surface area contributed by atoms with Crippen LogP contribution in [0.1, 0.15) is 32.6 Å². The average molecular weight is 211 g/mol. The van der Waals surface area contributed by atoms with Crippen LogP contribution in [-0.4, -0.2) is 35.1 Å². The number of rotatable bonds is 5. The molecule has 0 spiro atoms. The smallest absolute Gasteiger partial charge is 0.320 e. The SMILES string of the molecule is C=CCCN1CCC(CC)CC1C(=O)O. The van der Waals surface area contributed by atoms with E-state index in [0.29, 0.717) is 5.92 Å². The van der Waals surface area contributed by atoms with Crippen LogP contribution in [0.2, 0.25) is 0 Å². The van der Waals surface area contributed by atoms with Crippen molar-refractivity contribution in [1.82, 2.24) is 4.90 Å². The van der Waals surface area contributed by atoms with Crippen LogP contribution in [0.3, 0.4) is 0 Å². The first-order valence-electron chi connectivity index (χ1n) is 5.76. The lowest BCUT2D eigenvalue weighted by Gasteiger charge is -2.36. The molecule has 0 aliphatic carbocycles. The Bertz CT molecular complexity index is 228. The van der Waals surface area contributed by atoms with Gasteiger partial charge in [0.1, 0.15) is 6.04 Å². The monoisotopic (exact) mass is 211 g/mol. The van der Waals surface area contributed by atoms with Crippen LogP contribution < -0.4 is 0 Å². The van der Waals surface area contributed by atoms with E-state index in [1.165, 1.54) is 0 Å². The van der Waals surface area contributed by atoms with Gasteiger partial charge in [-0.2, -0.15) is 0 Å². The molecule has 1 rings (SSSR count). The van der Waals surface area contributed by atoms with Gasteiger partial charge in [0, 0.05) is 6.54 Å². The van der Waals surface area contributed by atoms with Gasteiger partial charge in [-0.3, -0.25) is 9.69 Å². The Balaban J connectivity index is 2.54. The minimum atomic E-state index is -0.669. The number of aliphatic carboxylic acids is 1. The molecule has 1 fully saturated rings. The van der Waals surface area contributed by atoms with E-state index in [0.717, 1.165) is 38.8 Å². The second-order valence-corrected chi connectivity index (χ2v) is 4.27. The largest absolute Gasteiger partial charge is 0.480 e. The molecule has 1 heterocycles. The minimum Gasteiger partial charge on any atom is -0.480 e. The van der Waals surface area contributed by atoms with E-state index in [2.05, 4.69) is 18.4 Å². The number of hydrogen-bond acceptors (Lipinski definition) is 2. The van der Waals surface area contributed by atoms with Crippen LogP contribution in [0.5, 0.6) is 0 Å². The van der Waals surface area contributed by atoms with Crippen molar-refractivity contribution in [3.63, 3.8) is 0 Å². The van der Waals surface area contributed by atoms with Crippen molar-refractivity contribution in [3.8, 4) is 0 Å². The molecule has 3 heteroatoms. The third kappa shape index (κ3) is 3.34. The van der Waals surface area contributed by atoms with Gasteiger partial charge in [-0.25, -0.2) is 0 Å². The van der Waals surface area contributed by atoms with Gasteiger partial charge in [-0.1, -0.05) is 19.4 Å². The van der Waals surface area contributed by atoms with Crippen LogP contribution in [0.25, 0.3) is 0 Å². The summed E-state index contributed by atoms with van der Waals surface area (Å²) in [5, 5.41) is 9.15. The van der Waals surface area contributed by atoms with Gasteiger partial charge in [0.05, 0.1) is 0 Å². The standard InChI is InChI=1S/C12H21NO2/c1-3-5-7-13-8-6-10(4-2)9-11(13)12(14)15/h3,10-11H,1,4-9H2,2H3,(H,14,15). The molecule has 1 aliphatic heterocycles. The van der Waals surface area contributed by atoms with Crippen molar-refractivity contribution in [2.45, 2.75) is 38.6 Å². The van der Waals surface area contributed by atoms with Gasteiger partial charge in [-0.05, 0) is 31.7 Å². The molecule has 0 aromatic heterocycles. The molecule has 0 aromatic carbocycles. The Morgan fingerprint density at radius 1 is 1.67 bits per heavy atom. The maximum Gasteiger partial charge on any atom is 0.320 e. The predicted molar refractivity (Wildman–Crippen MR) is 60.8 cm³/mol. The third-order valence-electron chi connectivity index (χ3n) is 3.30. The highest BCUT2D eigenvalue weighted by atomic mass is 16.4. The first kappa shape index (κ1) is 12.2. The number of carbonyl (C=O) groups is 1. The van der Waals surface area contributed by atoms with Crippen LogP contribution in [-0.2, 0) is 4.79 Å². The van der Waals surface area contributed by atoms with E-state index in [4.69, 9.17) is 5.11 Å². The summed E-state index contributed by atoms with van der Waals surface area (Å²) in [5.74, 6) is -0.0803. The van der Waals surface area contributed by atoms with Crippen LogP contribution in [0.15, 0.2) is 12.7 Å². The molecule has 15 heavy (non-hydrogen) atoms. The predicted octanol–water partition coefficient (Wildman–Crippen LogP) is 2.14. The second-order valence-electron chi connectivity index (χ2n) is 4.27. The molecular weight excluding hydrogens is 190 g/mol. The van der Waals surface area contributed by atoms with Crippen molar-refractivity contribution in [1.29, 1.82) is 0 Å². The molecule has 0 saturated carbocycles. The molecule has 3 nitrogen and oxygen atoms in total. The summed E-state index contributed by atoms with van der Waals surface area (Å²) >= 11 is 0. The summed E-state index contributed by atoms with van der Waals surface area (Å²) < 4.78 is 0. The molecule has 0 radical (unpaired) electrons. The molecule has 2 atom stereocenters. The van der Waals surface area contributed by atoms with Gasteiger partial charge in [-0.15, -0.1) is 6.58 Å². The van der Waals surface area contributed by atoms with Crippen LogP contribution >= 0.6 is 0 Å². The number of likely N-dealkylation sites (tertiary alicyclic amines) is 1. The summed E-state index contributed by atoms with van der Waals surface area (Å²) in [6, 6.07) is -0.274. The third-order valence-corrected chi connectivity index (χ3v) is 3.30. The molecule has 86 valence electrons. The van der Waals surface area contributed by atoms with Crippen molar-refractivity contribution in [2.24, 2.45) is 5.92 Å². The first-order valence-corrected chi connectivity index (χ1v) is 5.76. The van der Waals surface area contributed by atoms with Gasteiger partial charge >= 0.3 is 5.97 Å². The van der Waals surface area contributed by atoms with Crippen molar-refractivity contribution >= 4 is 5.97 Å². The second kappa shape index (κ2) is 5.91. The highest BCUT2D eigenvalue weighted by molar-refractivity contribution is 5.73. The Hall–Kier alpha value is -0.830. The zero-order valence-corrected chi connectivity index (χ0v) is 9.48. The summed E-state index contributed by atoms with van der Waals surface area (Å²) in [7, 11) is 0. The fourth-order valence-electron chi connectivity index (χ4n) is 2.24. The quantitative estimate of drug-likeness (QED) is 0.708. The van der Waals surface area contributed by atoms with Crippen molar-refractivity contribution in [3.05, 3.63) is 12.7 Å². The minimum absolute atomic E-state index is 0.274. The summed E-state index contributed by atoms with van der Waals surface area (Å²) in [6.45, 7) is 7.56. The van der Waals surface area contributed by atoms with E-state index in [1.54, 1.807) is 0 Å². The lowest BCUT2D eigenvalue weighted by molar-refractivity contribution is -0.145. The maximum absolute atomic E-state index is 11.1. The number of piperidine rings is 1. The molecule has 1 saturated heterocycles. The van der Waals surface area contributed by atoms with Crippen LogP contribution in [0.4, 0.5) is 0 Å². The van der Waals surface area contributed by atoms with Crippen LogP contribution in [0, 0.1) is 5.92 Å². The number of carboxylic acid groups (broad SMARTS) is 1. The van der Waals surface area contributed by atoms with Gasteiger partial charge in [0.2, 0.25) is 0 Å². The Morgan fingerprint density at radius 2 is 2.40 bits per heavy atom. The Morgan fingerprint density at radius 3 is 2.93 bits per heavy atom. The van der Waals surface area contributed by atoms with E-state index in [1.807, 2.05) is 6.08 Å². The molecule has 0 aromatic rings. The Kier molecular flexibility index (Phi) is 4.82. The summed E-state index contributed by atoms with van der Waals surface area (Å²) in [5.41, 5.74) is 0. The lowest BCUT2D eigenvalue weighted by Crippen LogP contribution is -2.47. The van der Waals surface area contributed by atoms with Crippen molar-refractivity contribution in [2.75, 3.05) is 13.1 Å². The highest BCUT2D eigenvalue weighted by Crippen LogP contribution is 2.25. The molecule has 0 amide bonds. The zero-order valence-electron chi connectivity index (χ0n) is 9.48. The maximum atomic E-state index is 11.1. The molecule has 1 aliphatic rings. The normalized spacial score (nSPS) is 27.5. The fourth-order valence-corrected chi connectivity index (χ4v) is 2.24. The van der Waals surface area contributed by atoms with E-state index in [-0.39, 0.29) is 6.04 Å². The molecular formula is C12H21NO2. The van der Waals surface area contributed by atoms with E-state index < -0.39 is 5.97 Å². The highest BCUT2D eigenvalue weighted by Gasteiger charge is 2.31. The zero-order chi connectivity index (χ0) is 11.3. The summed E-state index contributed by atoms with van der Waals surface area (Å²) in [4.78, 5) is 13.2. The van der Waals surface area contributed by atoms with E-state index >= 15 is 0 Å². The van der Waals surface area contributed by atoms with Gasteiger partial charge in [0.25, 0.3) is 0 Å². The van der Waals surface area contributed by atoms with E-state index in [9.17, 15) is 4.79 Å². The molecule has 2 unspecified atom stereocenters. The lowest BCUT2D eigenvalue weighted by atomic mass is 9.89. The number of hydrogen-bond donors (Lipinski definition) is 1. The van der Waals surface area contributed by atoms with Crippen molar-refractivity contribution < 1.29 is 9.90 Å². The molecule has 0 bridgehead atoms.